The van der Waals surface area contributed by atoms with Crippen LogP contribution in [0.25, 0.3) is 0 Å². The van der Waals surface area contributed by atoms with Crippen LogP contribution in [-0.4, -0.2) is 22.5 Å². The fraction of sp³-hybridized carbons (Fsp3) is 1.00. The molecule has 2 nitrogen and oxygen atoms in total. The first kappa shape index (κ1) is 10.2. The molecule has 0 heterocycles. The van der Waals surface area contributed by atoms with E-state index in [-0.39, 0.29) is 0 Å². The van der Waals surface area contributed by atoms with Crippen molar-refractivity contribution in [2.45, 2.75) is 45.1 Å². The Labute approximate surface area is 77.1 Å². The topological polar surface area (TPSA) is 18.5 Å². The average molecular weight is 188 g/mol. The third-order valence-electron chi connectivity index (χ3n) is 2.45. The molecule has 0 radical (unpaired) electrons. The molecule has 0 aromatic carbocycles. The summed E-state index contributed by atoms with van der Waals surface area (Å²) in [6, 6.07) is 0. The molecule has 1 aliphatic carbocycles. The Balaban J connectivity index is 2.29. The predicted octanol–water partition coefficient (Wildman–Crippen LogP) is 2.22. The maximum absolute atomic E-state index is 5.68. The number of rotatable bonds is 5. The zero-order valence-electron chi connectivity index (χ0n) is 8.21. The second-order valence-corrected chi connectivity index (χ2v) is 5.67. The SMILES string of the molecule is CCO[SiH](OCC)C1CCCC1. The van der Waals surface area contributed by atoms with Gasteiger partial charge in [0.1, 0.15) is 0 Å². The second kappa shape index (κ2) is 5.73. The van der Waals surface area contributed by atoms with Gasteiger partial charge in [0.05, 0.1) is 0 Å². The summed E-state index contributed by atoms with van der Waals surface area (Å²) in [5, 5.41) is 0. The van der Waals surface area contributed by atoms with Crippen LogP contribution in [0.3, 0.4) is 0 Å². The standard InChI is InChI=1S/C9H20O2Si/c1-3-10-12(11-4-2)9-7-5-6-8-9/h9,12H,3-8H2,1-2H3. The minimum Gasteiger partial charge on any atom is -0.397 e. The van der Waals surface area contributed by atoms with Gasteiger partial charge in [-0.25, -0.2) is 0 Å². The van der Waals surface area contributed by atoms with Gasteiger partial charge < -0.3 is 8.85 Å². The van der Waals surface area contributed by atoms with Gasteiger partial charge in [0, 0.05) is 13.2 Å². The average Bonchev–Trinajstić information content (AvgIpc) is 2.56. The minimum atomic E-state index is -1.29. The van der Waals surface area contributed by atoms with E-state index in [2.05, 4.69) is 13.8 Å². The van der Waals surface area contributed by atoms with Crippen molar-refractivity contribution < 1.29 is 8.85 Å². The molecule has 0 unspecified atom stereocenters. The number of hydrogen-bond donors (Lipinski definition) is 0. The lowest BCUT2D eigenvalue weighted by molar-refractivity contribution is 0.204. The second-order valence-electron chi connectivity index (χ2n) is 3.32. The summed E-state index contributed by atoms with van der Waals surface area (Å²) in [5.41, 5.74) is 0.796. The molecule has 0 aliphatic heterocycles. The van der Waals surface area contributed by atoms with E-state index in [1.54, 1.807) is 0 Å². The molecule has 0 bridgehead atoms. The van der Waals surface area contributed by atoms with Crippen LogP contribution in [0.5, 0.6) is 0 Å². The molecular formula is C9H20O2Si. The molecule has 1 saturated carbocycles. The summed E-state index contributed by atoms with van der Waals surface area (Å²) in [4.78, 5) is 0. The third-order valence-corrected chi connectivity index (χ3v) is 5.21. The zero-order valence-corrected chi connectivity index (χ0v) is 9.37. The van der Waals surface area contributed by atoms with Crippen LogP contribution in [0.2, 0.25) is 5.54 Å². The monoisotopic (exact) mass is 188 g/mol. The smallest absolute Gasteiger partial charge is 0.324 e. The van der Waals surface area contributed by atoms with E-state index < -0.39 is 9.28 Å². The van der Waals surface area contributed by atoms with Gasteiger partial charge in [0.25, 0.3) is 0 Å². The summed E-state index contributed by atoms with van der Waals surface area (Å²) in [7, 11) is -1.29. The van der Waals surface area contributed by atoms with Crippen molar-refractivity contribution in [1.29, 1.82) is 0 Å². The van der Waals surface area contributed by atoms with Crippen LogP contribution in [0, 0.1) is 0 Å². The third kappa shape index (κ3) is 2.88. The first-order valence-electron chi connectivity index (χ1n) is 5.11. The highest BCUT2D eigenvalue weighted by molar-refractivity contribution is 6.46. The van der Waals surface area contributed by atoms with E-state index in [4.69, 9.17) is 8.85 Å². The Bertz CT molecular complexity index is 107. The van der Waals surface area contributed by atoms with E-state index >= 15 is 0 Å². The van der Waals surface area contributed by atoms with E-state index in [0.717, 1.165) is 18.8 Å². The van der Waals surface area contributed by atoms with Crippen molar-refractivity contribution in [1.82, 2.24) is 0 Å². The van der Waals surface area contributed by atoms with Crippen LogP contribution in [0.1, 0.15) is 39.5 Å². The van der Waals surface area contributed by atoms with Gasteiger partial charge in [-0.2, -0.15) is 0 Å². The summed E-state index contributed by atoms with van der Waals surface area (Å²) in [6.45, 7) is 5.78. The van der Waals surface area contributed by atoms with E-state index in [1.165, 1.54) is 25.7 Å². The molecular weight excluding hydrogens is 168 g/mol. The molecule has 0 N–H and O–H groups in total. The maximum Gasteiger partial charge on any atom is 0.324 e. The molecule has 72 valence electrons. The van der Waals surface area contributed by atoms with Crippen LogP contribution >= 0.6 is 0 Å². The molecule has 12 heavy (non-hydrogen) atoms. The molecule has 0 amide bonds. The first-order valence-corrected chi connectivity index (χ1v) is 6.72. The Morgan fingerprint density at radius 2 is 1.58 bits per heavy atom. The van der Waals surface area contributed by atoms with Crippen molar-refractivity contribution in [3.63, 3.8) is 0 Å². The lowest BCUT2D eigenvalue weighted by Gasteiger charge is -2.20. The van der Waals surface area contributed by atoms with Gasteiger partial charge in [-0.1, -0.05) is 12.8 Å². The predicted molar refractivity (Wildman–Crippen MR) is 52.6 cm³/mol. The molecule has 1 fully saturated rings. The Morgan fingerprint density at radius 3 is 2.00 bits per heavy atom. The van der Waals surface area contributed by atoms with Gasteiger partial charge in [-0.3, -0.25) is 0 Å². The van der Waals surface area contributed by atoms with Gasteiger partial charge >= 0.3 is 9.28 Å². The molecule has 0 saturated heterocycles. The van der Waals surface area contributed by atoms with E-state index in [1.807, 2.05) is 0 Å². The van der Waals surface area contributed by atoms with Crippen LogP contribution in [0.15, 0.2) is 0 Å². The Kier molecular flexibility index (Phi) is 4.88. The van der Waals surface area contributed by atoms with E-state index in [0.29, 0.717) is 0 Å². The Hall–Kier alpha value is 0.137. The van der Waals surface area contributed by atoms with Crippen LogP contribution < -0.4 is 0 Å². The largest absolute Gasteiger partial charge is 0.397 e. The molecule has 0 aromatic rings. The van der Waals surface area contributed by atoms with Gasteiger partial charge in [-0.15, -0.1) is 0 Å². The molecule has 1 rings (SSSR count). The lowest BCUT2D eigenvalue weighted by Crippen LogP contribution is -2.27. The summed E-state index contributed by atoms with van der Waals surface area (Å²) in [5.74, 6) is 0. The molecule has 0 spiro atoms. The normalized spacial score (nSPS) is 19.2. The fourth-order valence-electron chi connectivity index (χ4n) is 1.88. The fourth-order valence-corrected chi connectivity index (χ4v) is 4.19. The van der Waals surface area contributed by atoms with Crippen LogP contribution in [0.4, 0.5) is 0 Å². The van der Waals surface area contributed by atoms with Crippen LogP contribution in [-0.2, 0) is 8.85 Å². The van der Waals surface area contributed by atoms with E-state index in [9.17, 15) is 0 Å². The van der Waals surface area contributed by atoms with Gasteiger partial charge in [0.15, 0.2) is 0 Å². The number of hydrogen-bond acceptors (Lipinski definition) is 2. The maximum atomic E-state index is 5.68. The Morgan fingerprint density at radius 1 is 1.08 bits per heavy atom. The van der Waals surface area contributed by atoms with Crippen molar-refractivity contribution in [3.05, 3.63) is 0 Å². The molecule has 0 atom stereocenters. The van der Waals surface area contributed by atoms with Gasteiger partial charge in [-0.05, 0) is 32.2 Å². The summed E-state index contributed by atoms with van der Waals surface area (Å²) < 4.78 is 11.4. The highest BCUT2D eigenvalue weighted by atomic mass is 28.3. The van der Waals surface area contributed by atoms with Crippen molar-refractivity contribution >= 4 is 9.28 Å². The quantitative estimate of drug-likeness (QED) is 0.616. The molecule has 3 heteroatoms. The summed E-state index contributed by atoms with van der Waals surface area (Å²) >= 11 is 0. The van der Waals surface area contributed by atoms with Crippen molar-refractivity contribution in [3.8, 4) is 0 Å². The van der Waals surface area contributed by atoms with Gasteiger partial charge in [0.2, 0.25) is 0 Å². The lowest BCUT2D eigenvalue weighted by atomic mass is 10.4. The first-order chi connectivity index (χ1) is 5.88. The summed E-state index contributed by atoms with van der Waals surface area (Å²) in [6.07, 6.45) is 5.45. The zero-order chi connectivity index (χ0) is 8.81. The molecule has 0 aromatic heterocycles. The van der Waals surface area contributed by atoms with Crippen molar-refractivity contribution in [2.24, 2.45) is 0 Å². The van der Waals surface area contributed by atoms with Crippen molar-refractivity contribution in [2.75, 3.05) is 13.2 Å². The molecule has 1 aliphatic rings. The minimum absolute atomic E-state index is 0.796. The highest BCUT2D eigenvalue weighted by Gasteiger charge is 2.28. The highest BCUT2D eigenvalue weighted by Crippen LogP contribution is 2.33.